The summed E-state index contributed by atoms with van der Waals surface area (Å²) in [6.07, 6.45) is -4.65. The number of rotatable bonds is 8. The Kier molecular flexibility index (Phi) is 8.57. The molecule has 1 fully saturated rings. The Morgan fingerprint density at radius 2 is 1.54 bits per heavy atom. The summed E-state index contributed by atoms with van der Waals surface area (Å²) in [6, 6.07) is 0. The van der Waals surface area contributed by atoms with E-state index in [1.165, 1.54) is 42.3 Å². The van der Waals surface area contributed by atoms with E-state index in [4.69, 9.17) is 33.2 Å². The molecule has 1 saturated heterocycles. The average Bonchev–Trinajstić information content (AvgIpc) is 2.52. The minimum absolute atomic E-state index is 0.0744. The first-order valence-electron chi connectivity index (χ1n) is 7.46. The van der Waals surface area contributed by atoms with Gasteiger partial charge < -0.3 is 33.2 Å². The zero-order chi connectivity index (χ0) is 18.3. The molecule has 1 unspecified atom stereocenters. The summed E-state index contributed by atoms with van der Waals surface area (Å²) in [5, 5.41) is 0. The highest BCUT2D eigenvalue weighted by Gasteiger charge is 2.52. The molecule has 1 rings (SSSR count). The van der Waals surface area contributed by atoms with Crippen LogP contribution in [0.4, 0.5) is 0 Å². The van der Waals surface area contributed by atoms with Crippen molar-refractivity contribution in [3.63, 3.8) is 0 Å². The van der Waals surface area contributed by atoms with Crippen LogP contribution in [0.3, 0.4) is 0 Å². The van der Waals surface area contributed by atoms with E-state index in [-0.39, 0.29) is 6.61 Å². The van der Waals surface area contributed by atoms with Gasteiger partial charge in [-0.25, -0.2) is 0 Å². The molecule has 0 saturated carbocycles. The predicted octanol–water partition coefficient (Wildman–Crippen LogP) is -0.102. The molecular weight excluding hydrogens is 324 g/mol. The summed E-state index contributed by atoms with van der Waals surface area (Å²) in [7, 11) is 5.79. The maximum Gasteiger partial charge on any atom is 0.303 e. The molecule has 0 radical (unpaired) electrons. The molecule has 0 spiro atoms. The lowest BCUT2D eigenvalue weighted by Crippen LogP contribution is -2.64. The molecule has 24 heavy (non-hydrogen) atoms. The molecule has 1 aliphatic rings. The Morgan fingerprint density at radius 3 is 1.96 bits per heavy atom. The molecule has 9 nitrogen and oxygen atoms in total. The number of ether oxygens (including phenoxy) is 7. The summed E-state index contributed by atoms with van der Waals surface area (Å²) in [6.45, 7) is 2.64. The molecule has 1 aliphatic heterocycles. The summed E-state index contributed by atoms with van der Waals surface area (Å²) in [5.41, 5.74) is 0. The lowest BCUT2D eigenvalue weighted by molar-refractivity contribution is -0.316. The highest BCUT2D eigenvalue weighted by molar-refractivity contribution is 5.66. The van der Waals surface area contributed by atoms with E-state index in [0.29, 0.717) is 0 Å². The lowest BCUT2D eigenvalue weighted by atomic mass is 9.94. The van der Waals surface area contributed by atoms with Crippen LogP contribution in [0.1, 0.15) is 13.8 Å². The molecule has 0 aliphatic carbocycles. The second kappa shape index (κ2) is 9.90. The molecule has 6 atom stereocenters. The Hall–Kier alpha value is -1.26. The van der Waals surface area contributed by atoms with Gasteiger partial charge in [-0.05, 0) is 0 Å². The van der Waals surface area contributed by atoms with Gasteiger partial charge in [-0.2, -0.15) is 0 Å². The van der Waals surface area contributed by atoms with Gasteiger partial charge in [0.15, 0.2) is 18.5 Å². The number of methoxy groups -OCH3 is 4. The molecule has 0 amide bonds. The van der Waals surface area contributed by atoms with Crippen LogP contribution in [-0.2, 0) is 42.7 Å². The SMILES string of the molecule is COC[C@@H](OC(C)=O)[C@H]1OC(OC)[C@H](OC)[C@@H](OC(C)=O)[C@@H]1OC. The molecule has 1 heterocycles. The molecule has 0 aromatic heterocycles. The zero-order valence-electron chi connectivity index (χ0n) is 14.8. The maximum absolute atomic E-state index is 11.5. The van der Waals surface area contributed by atoms with Gasteiger partial charge in [-0.3, -0.25) is 9.59 Å². The first-order chi connectivity index (χ1) is 11.4. The van der Waals surface area contributed by atoms with Gasteiger partial charge in [0.2, 0.25) is 0 Å². The van der Waals surface area contributed by atoms with E-state index in [2.05, 4.69) is 0 Å². The number of carbonyl (C=O) groups excluding carboxylic acids is 2. The van der Waals surface area contributed by atoms with Crippen LogP contribution < -0.4 is 0 Å². The highest BCUT2D eigenvalue weighted by Crippen LogP contribution is 2.30. The van der Waals surface area contributed by atoms with E-state index < -0.39 is 48.7 Å². The smallest absolute Gasteiger partial charge is 0.303 e. The van der Waals surface area contributed by atoms with Crippen LogP contribution in [0, 0.1) is 0 Å². The second-order valence-corrected chi connectivity index (χ2v) is 5.28. The van der Waals surface area contributed by atoms with Gasteiger partial charge in [0, 0.05) is 42.3 Å². The van der Waals surface area contributed by atoms with Crippen LogP contribution >= 0.6 is 0 Å². The topological polar surface area (TPSA) is 98.8 Å². The van der Waals surface area contributed by atoms with Crippen LogP contribution in [-0.4, -0.2) is 83.8 Å². The maximum atomic E-state index is 11.5. The van der Waals surface area contributed by atoms with Crippen molar-refractivity contribution in [1.29, 1.82) is 0 Å². The van der Waals surface area contributed by atoms with Gasteiger partial charge in [-0.1, -0.05) is 0 Å². The fourth-order valence-electron chi connectivity index (χ4n) is 2.74. The molecule has 140 valence electrons. The molecular formula is C15H26O9. The quantitative estimate of drug-likeness (QED) is 0.556. The van der Waals surface area contributed by atoms with Gasteiger partial charge >= 0.3 is 11.9 Å². The van der Waals surface area contributed by atoms with E-state index in [9.17, 15) is 9.59 Å². The minimum Gasteiger partial charge on any atom is -0.457 e. The van der Waals surface area contributed by atoms with Crippen LogP contribution in [0.5, 0.6) is 0 Å². The number of hydrogen-bond acceptors (Lipinski definition) is 9. The van der Waals surface area contributed by atoms with Gasteiger partial charge in [0.1, 0.15) is 18.3 Å². The lowest BCUT2D eigenvalue weighted by Gasteiger charge is -2.45. The van der Waals surface area contributed by atoms with Crippen molar-refractivity contribution in [2.75, 3.05) is 35.0 Å². The fourth-order valence-corrected chi connectivity index (χ4v) is 2.74. The molecule has 9 heteroatoms. The van der Waals surface area contributed by atoms with Crippen molar-refractivity contribution in [3.8, 4) is 0 Å². The van der Waals surface area contributed by atoms with Crippen molar-refractivity contribution < 1.29 is 42.7 Å². The predicted molar refractivity (Wildman–Crippen MR) is 80.2 cm³/mol. The third kappa shape index (κ3) is 5.12. The molecule has 0 aromatic carbocycles. The average molecular weight is 350 g/mol. The molecule has 0 bridgehead atoms. The van der Waals surface area contributed by atoms with Crippen LogP contribution in [0.2, 0.25) is 0 Å². The number of esters is 2. The van der Waals surface area contributed by atoms with Gasteiger partial charge in [0.25, 0.3) is 0 Å². The van der Waals surface area contributed by atoms with Crippen LogP contribution in [0.15, 0.2) is 0 Å². The van der Waals surface area contributed by atoms with E-state index >= 15 is 0 Å². The fraction of sp³-hybridized carbons (Fsp3) is 0.867. The summed E-state index contributed by atoms with van der Waals surface area (Å²) in [5.74, 6) is -1.00. The minimum atomic E-state index is -0.842. The largest absolute Gasteiger partial charge is 0.457 e. The van der Waals surface area contributed by atoms with E-state index in [1.807, 2.05) is 0 Å². The normalized spacial score (nSPS) is 31.3. The third-order valence-corrected chi connectivity index (χ3v) is 3.62. The van der Waals surface area contributed by atoms with Crippen molar-refractivity contribution in [3.05, 3.63) is 0 Å². The number of hydrogen-bond donors (Lipinski definition) is 0. The molecule has 0 aromatic rings. The van der Waals surface area contributed by atoms with Crippen LogP contribution in [0.25, 0.3) is 0 Å². The second-order valence-electron chi connectivity index (χ2n) is 5.28. The highest BCUT2D eigenvalue weighted by atomic mass is 16.7. The monoisotopic (exact) mass is 350 g/mol. The summed E-state index contributed by atoms with van der Waals surface area (Å²) < 4.78 is 37.7. The Bertz CT molecular complexity index is 414. The third-order valence-electron chi connectivity index (χ3n) is 3.62. The first-order valence-corrected chi connectivity index (χ1v) is 7.46. The zero-order valence-corrected chi connectivity index (χ0v) is 14.8. The number of carbonyl (C=O) groups is 2. The summed E-state index contributed by atoms with van der Waals surface area (Å²) >= 11 is 0. The van der Waals surface area contributed by atoms with Crippen molar-refractivity contribution >= 4 is 11.9 Å². The summed E-state index contributed by atoms with van der Waals surface area (Å²) in [4.78, 5) is 22.9. The molecule has 0 N–H and O–H groups in total. The van der Waals surface area contributed by atoms with Crippen molar-refractivity contribution in [1.82, 2.24) is 0 Å². The standard InChI is InChI=1S/C15H26O9/c1-8(16)22-10(7-18-3)11-12(19-4)13(23-9(2)17)14(20-5)15(21-6)24-11/h10-15H,7H2,1-6H3/t10-,11-,12-,13+,14-,15?/m1/s1. The van der Waals surface area contributed by atoms with Crippen molar-refractivity contribution in [2.24, 2.45) is 0 Å². The Balaban J connectivity index is 3.15. The van der Waals surface area contributed by atoms with Gasteiger partial charge in [-0.15, -0.1) is 0 Å². The van der Waals surface area contributed by atoms with E-state index in [1.54, 1.807) is 0 Å². The Morgan fingerprint density at radius 1 is 0.917 bits per heavy atom. The first kappa shape index (κ1) is 20.8. The van der Waals surface area contributed by atoms with Crippen molar-refractivity contribution in [2.45, 2.75) is 50.7 Å². The van der Waals surface area contributed by atoms with Gasteiger partial charge in [0.05, 0.1) is 6.61 Å². The van der Waals surface area contributed by atoms with E-state index in [0.717, 1.165) is 0 Å². The Labute approximate surface area is 141 Å².